The van der Waals surface area contributed by atoms with Crippen molar-refractivity contribution in [3.8, 4) is 0 Å². The molecule has 20 heavy (non-hydrogen) atoms. The van der Waals surface area contributed by atoms with Crippen molar-refractivity contribution in [2.45, 2.75) is 26.8 Å². The lowest BCUT2D eigenvalue weighted by atomic mass is 10.3. The van der Waals surface area contributed by atoms with Gasteiger partial charge in [-0.1, -0.05) is 11.6 Å². The maximum absolute atomic E-state index is 12.0. The Balaban J connectivity index is 1.85. The summed E-state index contributed by atoms with van der Waals surface area (Å²) in [6.07, 6.45) is 2.58. The van der Waals surface area contributed by atoms with E-state index in [1.54, 1.807) is 20.2 Å². The highest BCUT2D eigenvalue weighted by atomic mass is 35.5. The summed E-state index contributed by atoms with van der Waals surface area (Å²) in [7, 11) is 1.71. The van der Waals surface area contributed by atoms with Gasteiger partial charge >= 0.3 is 0 Å². The standard InChI is InChI=1S/C13H18ClN5O/c1-9-5-7-16-19(9)8-4-6-15-13(20)12-11(14)10(2)17-18(12)3/h5,7H,4,6,8H2,1-3H3,(H,15,20). The minimum atomic E-state index is -0.199. The van der Waals surface area contributed by atoms with Gasteiger partial charge in [0.15, 0.2) is 0 Å². The number of hydrogen-bond donors (Lipinski definition) is 1. The second-order valence-corrected chi connectivity index (χ2v) is 5.05. The Kier molecular flexibility index (Phi) is 4.44. The Morgan fingerprint density at radius 2 is 2.20 bits per heavy atom. The Labute approximate surface area is 122 Å². The third kappa shape index (κ3) is 3.01. The summed E-state index contributed by atoms with van der Waals surface area (Å²) in [6, 6.07) is 1.96. The van der Waals surface area contributed by atoms with Crippen molar-refractivity contribution < 1.29 is 4.79 Å². The van der Waals surface area contributed by atoms with Gasteiger partial charge in [-0.2, -0.15) is 10.2 Å². The molecule has 0 aliphatic heterocycles. The van der Waals surface area contributed by atoms with Crippen LogP contribution >= 0.6 is 11.6 Å². The molecule has 2 aromatic rings. The van der Waals surface area contributed by atoms with Crippen LogP contribution in [-0.4, -0.2) is 32.0 Å². The van der Waals surface area contributed by atoms with Crippen LogP contribution in [0.3, 0.4) is 0 Å². The van der Waals surface area contributed by atoms with E-state index in [-0.39, 0.29) is 5.91 Å². The van der Waals surface area contributed by atoms with Gasteiger partial charge in [0.1, 0.15) is 5.69 Å². The first-order valence-corrected chi connectivity index (χ1v) is 6.84. The lowest BCUT2D eigenvalue weighted by Gasteiger charge is -2.07. The van der Waals surface area contributed by atoms with Crippen LogP contribution in [0.15, 0.2) is 12.3 Å². The van der Waals surface area contributed by atoms with E-state index in [0.717, 1.165) is 18.7 Å². The molecule has 2 heterocycles. The largest absolute Gasteiger partial charge is 0.351 e. The highest BCUT2D eigenvalue weighted by Crippen LogP contribution is 2.18. The van der Waals surface area contributed by atoms with E-state index in [2.05, 4.69) is 15.5 Å². The monoisotopic (exact) mass is 295 g/mol. The number of carbonyl (C=O) groups is 1. The number of amides is 1. The minimum Gasteiger partial charge on any atom is -0.351 e. The summed E-state index contributed by atoms with van der Waals surface area (Å²) in [4.78, 5) is 12.0. The van der Waals surface area contributed by atoms with Gasteiger partial charge in [0.25, 0.3) is 5.91 Å². The molecule has 0 aromatic carbocycles. The van der Waals surface area contributed by atoms with Crippen molar-refractivity contribution in [1.82, 2.24) is 24.9 Å². The molecule has 0 atom stereocenters. The first-order chi connectivity index (χ1) is 9.50. The van der Waals surface area contributed by atoms with E-state index in [4.69, 9.17) is 11.6 Å². The average Bonchev–Trinajstić information content (AvgIpc) is 2.90. The lowest BCUT2D eigenvalue weighted by molar-refractivity contribution is 0.0943. The van der Waals surface area contributed by atoms with Crippen LogP contribution in [0.2, 0.25) is 5.02 Å². The zero-order valence-electron chi connectivity index (χ0n) is 11.9. The molecule has 0 saturated carbocycles. The second kappa shape index (κ2) is 6.09. The fraction of sp³-hybridized carbons (Fsp3) is 0.462. The van der Waals surface area contributed by atoms with Gasteiger partial charge in [-0.25, -0.2) is 0 Å². The van der Waals surface area contributed by atoms with Gasteiger partial charge in [0.05, 0.1) is 10.7 Å². The van der Waals surface area contributed by atoms with E-state index in [9.17, 15) is 4.79 Å². The first kappa shape index (κ1) is 14.6. The fourth-order valence-electron chi connectivity index (χ4n) is 2.03. The SMILES string of the molecule is Cc1nn(C)c(C(=O)NCCCn2nccc2C)c1Cl. The third-order valence-electron chi connectivity index (χ3n) is 3.13. The normalized spacial score (nSPS) is 10.8. The zero-order chi connectivity index (χ0) is 14.7. The smallest absolute Gasteiger partial charge is 0.271 e. The summed E-state index contributed by atoms with van der Waals surface area (Å²) < 4.78 is 3.41. The number of hydrogen-bond acceptors (Lipinski definition) is 3. The molecule has 2 rings (SSSR count). The molecule has 2 aromatic heterocycles. The summed E-state index contributed by atoms with van der Waals surface area (Å²) in [5.41, 5.74) is 2.17. The molecule has 1 amide bonds. The quantitative estimate of drug-likeness (QED) is 0.854. The lowest BCUT2D eigenvalue weighted by Crippen LogP contribution is -2.27. The topological polar surface area (TPSA) is 64.7 Å². The molecule has 6 nitrogen and oxygen atoms in total. The molecule has 0 bridgehead atoms. The van der Waals surface area contributed by atoms with E-state index < -0.39 is 0 Å². The Morgan fingerprint density at radius 3 is 2.75 bits per heavy atom. The van der Waals surface area contributed by atoms with Crippen molar-refractivity contribution in [3.05, 3.63) is 34.4 Å². The molecule has 1 N–H and O–H groups in total. The van der Waals surface area contributed by atoms with Gasteiger partial charge in [-0.15, -0.1) is 0 Å². The highest BCUT2D eigenvalue weighted by Gasteiger charge is 2.17. The van der Waals surface area contributed by atoms with E-state index in [1.807, 2.05) is 17.7 Å². The summed E-state index contributed by atoms with van der Waals surface area (Å²) in [5.74, 6) is -0.199. The van der Waals surface area contributed by atoms with Crippen molar-refractivity contribution in [2.24, 2.45) is 7.05 Å². The Hall–Kier alpha value is -1.82. The maximum atomic E-state index is 12.0. The Morgan fingerprint density at radius 1 is 1.45 bits per heavy atom. The molecule has 0 spiro atoms. The molecule has 0 radical (unpaired) electrons. The van der Waals surface area contributed by atoms with Crippen LogP contribution in [0.25, 0.3) is 0 Å². The predicted molar refractivity (Wildman–Crippen MR) is 76.9 cm³/mol. The van der Waals surface area contributed by atoms with Crippen LogP contribution in [0.5, 0.6) is 0 Å². The third-order valence-corrected chi connectivity index (χ3v) is 3.58. The number of aryl methyl sites for hydroxylation is 4. The highest BCUT2D eigenvalue weighted by molar-refractivity contribution is 6.34. The second-order valence-electron chi connectivity index (χ2n) is 4.68. The van der Waals surface area contributed by atoms with Crippen molar-refractivity contribution in [1.29, 1.82) is 0 Å². The van der Waals surface area contributed by atoms with Gasteiger partial charge in [0, 0.05) is 32.0 Å². The zero-order valence-corrected chi connectivity index (χ0v) is 12.6. The molecule has 0 aliphatic rings. The number of nitrogens with zero attached hydrogens (tertiary/aromatic N) is 4. The van der Waals surface area contributed by atoms with E-state index >= 15 is 0 Å². The van der Waals surface area contributed by atoms with E-state index in [1.165, 1.54) is 4.68 Å². The predicted octanol–water partition coefficient (Wildman–Crippen LogP) is 1.71. The Bertz CT molecular complexity index is 616. The number of halogens is 1. The van der Waals surface area contributed by atoms with Gasteiger partial charge in [0.2, 0.25) is 0 Å². The molecular formula is C13H18ClN5O. The summed E-state index contributed by atoms with van der Waals surface area (Å²) in [6.45, 7) is 5.12. The summed E-state index contributed by atoms with van der Waals surface area (Å²) in [5, 5.41) is 11.6. The molecular weight excluding hydrogens is 278 g/mol. The first-order valence-electron chi connectivity index (χ1n) is 6.46. The molecule has 0 fully saturated rings. The van der Waals surface area contributed by atoms with Gasteiger partial charge in [-0.05, 0) is 26.3 Å². The van der Waals surface area contributed by atoms with Crippen molar-refractivity contribution >= 4 is 17.5 Å². The molecule has 108 valence electrons. The van der Waals surface area contributed by atoms with Gasteiger partial charge < -0.3 is 5.32 Å². The van der Waals surface area contributed by atoms with Gasteiger partial charge in [-0.3, -0.25) is 14.2 Å². The number of carbonyl (C=O) groups excluding carboxylic acids is 1. The molecule has 0 unspecified atom stereocenters. The molecule has 0 saturated heterocycles. The molecule has 7 heteroatoms. The van der Waals surface area contributed by atoms with Crippen LogP contribution in [0.1, 0.15) is 28.3 Å². The van der Waals surface area contributed by atoms with E-state index in [0.29, 0.717) is 23.0 Å². The molecule has 0 aliphatic carbocycles. The fourth-order valence-corrected chi connectivity index (χ4v) is 2.27. The van der Waals surface area contributed by atoms with Crippen molar-refractivity contribution in [2.75, 3.05) is 6.54 Å². The van der Waals surface area contributed by atoms with Crippen LogP contribution in [0, 0.1) is 13.8 Å². The number of nitrogens with one attached hydrogen (secondary N) is 1. The minimum absolute atomic E-state index is 0.199. The number of rotatable bonds is 5. The summed E-state index contributed by atoms with van der Waals surface area (Å²) >= 11 is 6.07. The van der Waals surface area contributed by atoms with Crippen LogP contribution in [0.4, 0.5) is 0 Å². The number of aromatic nitrogens is 4. The van der Waals surface area contributed by atoms with Crippen LogP contribution < -0.4 is 5.32 Å². The van der Waals surface area contributed by atoms with Crippen LogP contribution in [-0.2, 0) is 13.6 Å². The average molecular weight is 296 g/mol. The maximum Gasteiger partial charge on any atom is 0.271 e. The van der Waals surface area contributed by atoms with Crippen molar-refractivity contribution in [3.63, 3.8) is 0 Å².